The number of hydrogen-bond donors (Lipinski definition) is 2. The molecule has 3 rings (SSSR count). The second-order valence-electron chi connectivity index (χ2n) is 6.84. The van der Waals surface area contributed by atoms with Crippen molar-refractivity contribution in [3.8, 4) is 0 Å². The number of nitrogens with one attached hydrogen (secondary N) is 1. The van der Waals surface area contributed by atoms with E-state index < -0.39 is 11.4 Å². The second kappa shape index (κ2) is 6.67. The summed E-state index contributed by atoms with van der Waals surface area (Å²) in [5.74, 6) is -0.657. The van der Waals surface area contributed by atoms with Gasteiger partial charge in [-0.2, -0.15) is 0 Å². The van der Waals surface area contributed by atoms with Crippen molar-refractivity contribution in [2.45, 2.75) is 37.1 Å². The molecule has 2 fully saturated rings. The van der Waals surface area contributed by atoms with Gasteiger partial charge >= 0.3 is 12.0 Å². The molecular formula is C18H24N2O3S. The Morgan fingerprint density at radius 1 is 1.42 bits per heavy atom. The van der Waals surface area contributed by atoms with Gasteiger partial charge in [0.2, 0.25) is 0 Å². The summed E-state index contributed by atoms with van der Waals surface area (Å²) in [5, 5.41) is 12.7. The number of carbonyl (C=O) groups is 2. The average Bonchev–Trinajstić information content (AvgIpc) is 3.13. The summed E-state index contributed by atoms with van der Waals surface area (Å²) in [5.41, 5.74) is 0.364. The van der Waals surface area contributed by atoms with Crippen LogP contribution in [0.5, 0.6) is 0 Å². The molecule has 1 aliphatic carbocycles. The molecule has 1 aromatic carbocycles. The molecule has 0 radical (unpaired) electrons. The van der Waals surface area contributed by atoms with Gasteiger partial charge in [0.1, 0.15) is 0 Å². The average molecular weight is 348 g/mol. The van der Waals surface area contributed by atoms with Crippen LogP contribution in [0.15, 0.2) is 29.2 Å². The first kappa shape index (κ1) is 17.1. The summed E-state index contributed by atoms with van der Waals surface area (Å²) in [6.07, 6.45) is 4.55. The minimum absolute atomic E-state index is 0.0922. The van der Waals surface area contributed by atoms with Crippen molar-refractivity contribution in [3.63, 3.8) is 0 Å². The molecule has 0 aromatic heterocycles. The van der Waals surface area contributed by atoms with E-state index in [1.54, 1.807) is 16.7 Å². The minimum atomic E-state index is -0.749. The monoisotopic (exact) mass is 348 g/mol. The Morgan fingerprint density at radius 3 is 2.83 bits per heavy atom. The fourth-order valence-corrected chi connectivity index (χ4v) is 4.87. The van der Waals surface area contributed by atoms with Gasteiger partial charge in [0.05, 0.1) is 11.5 Å². The Hall–Kier alpha value is -1.69. The van der Waals surface area contributed by atoms with Gasteiger partial charge in [0, 0.05) is 18.0 Å². The fraction of sp³-hybridized carbons (Fsp3) is 0.556. The molecule has 1 aromatic rings. The molecule has 1 saturated heterocycles. The van der Waals surface area contributed by atoms with Gasteiger partial charge in [-0.15, -0.1) is 11.8 Å². The minimum Gasteiger partial charge on any atom is -0.481 e. The van der Waals surface area contributed by atoms with E-state index in [4.69, 9.17) is 0 Å². The Kier molecular flexibility index (Phi) is 4.76. The lowest BCUT2D eigenvalue weighted by molar-refractivity contribution is -0.149. The van der Waals surface area contributed by atoms with Crippen molar-refractivity contribution in [2.24, 2.45) is 11.3 Å². The van der Waals surface area contributed by atoms with E-state index in [9.17, 15) is 14.7 Å². The maximum absolute atomic E-state index is 12.6. The van der Waals surface area contributed by atoms with Gasteiger partial charge in [-0.3, -0.25) is 4.79 Å². The highest BCUT2D eigenvalue weighted by Gasteiger charge is 2.55. The number of amides is 2. The van der Waals surface area contributed by atoms with Crippen LogP contribution >= 0.6 is 11.8 Å². The number of hydrogen-bond acceptors (Lipinski definition) is 3. The number of thioether (sulfide) groups is 1. The number of fused-ring (bicyclic) bond motifs is 1. The van der Waals surface area contributed by atoms with Gasteiger partial charge < -0.3 is 15.3 Å². The van der Waals surface area contributed by atoms with Crippen molar-refractivity contribution >= 4 is 23.8 Å². The zero-order valence-electron chi connectivity index (χ0n) is 14.1. The SMILES string of the molecule is CSc1ccccc1[C@H](C)NC(=O)N1C[C@@H]2CCC[C@@]2(C(=O)O)C1. The number of carbonyl (C=O) groups excluding carboxylic acids is 1. The van der Waals surface area contributed by atoms with Crippen LogP contribution in [0.2, 0.25) is 0 Å². The maximum atomic E-state index is 12.6. The molecule has 6 heteroatoms. The molecule has 0 unspecified atom stereocenters. The quantitative estimate of drug-likeness (QED) is 0.819. The Balaban J connectivity index is 1.69. The van der Waals surface area contributed by atoms with Crippen LogP contribution < -0.4 is 5.32 Å². The van der Waals surface area contributed by atoms with E-state index in [1.807, 2.05) is 37.4 Å². The maximum Gasteiger partial charge on any atom is 0.317 e. The number of urea groups is 1. The van der Waals surface area contributed by atoms with E-state index in [0.29, 0.717) is 19.5 Å². The smallest absolute Gasteiger partial charge is 0.317 e. The van der Waals surface area contributed by atoms with E-state index in [-0.39, 0.29) is 18.0 Å². The molecule has 2 amide bonds. The van der Waals surface area contributed by atoms with E-state index in [0.717, 1.165) is 23.3 Å². The number of rotatable bonds is 4. The third-order valence-electron chi connectivity index (χ3n) is 5.53. The highest BCUT2D eigenvalue weighted by Crippen LogP contribution is 2.48. The largest absolute Gasteiger partial charge is 0.481 e. The summed E-state index contributed by atoms with van der Waals surface area (Å²) in [6, 6.07) is 7.76. The van der Waals surface area contributed by atoms with Crippen molar-refractivity contribution < 1.29 is 14.7 Å². The molecule has 1 saturated carbocycles. The zero-order chi connectivity index (χ0) is 17.3. The number of carboxylic acids is 1. The third-order valence-corrected chi connectivity index (χ3v) is 6.34. The van der Waals surface area contributed by atoms with Crippen LogP contribution in [0.3, 0.4) is 0 Å². The predicted molar refractivity (Wildman–Crippen MR) is 94.2 cm³/mol. The highest BCUT2D eigenvalue weighted by molar-refractivity contribution is 7.98. The highest BCUT2D eigenvalue weighted by atomic mass is 32.2. The summed E-state index contributed by atoms with van der Waals surface area (Å²) in [6.45, 7) is 2.85. The number of carboxylic acid groups (broad SMARTS) is 1. The van der Waals surface area contributed by atoms with E-state index in [2.05, 4.69) is 5.32 Å². The Labute approximate surface area is 146 Å². The summed E-state index contributed by atoms with van der Waals surface area (Å²) < 4.78 is 0. The summed E-state index contributed by atoms with van der Waals surface area (Å²) in [7, 11) is 0. The van der Waals surface area contributed by atoms with Crippen molar-refractivity contribution in [2.75, 3.05) is 19.3 Å². The lowest BCUT2D eigenvalue weighted by Gasteiger charge is -2.25. The first-order chi connectivity index (χ1) is 11.5. The molecule has 1 aliphatic heterocycles. The third kappa shape index (κ3) is 2.88. The van der Waals surface area contributed by atoms with Gasteiger partial charge in [0.15, 0.2) is 0 Å². The van der Waals surface area contributed by atoms with Gasteiger partial charge in [-0.25, -0.2) is 4.79 Å². The molecule has 5 nitrogen and oxygen atoms in total. The molecule has 24 heavy (non-hydrogen) atoms. The van der Waals surface area contributed by atoms with Crippen molar-refractivity contribution in [3.05, 3.63) is 29.8 Å². The predicted octanol–water partition coefficient (Wildman–Crippen LogP) is 3.37. The molecule has 0 spiro atoms. The van der Waals surface area contributed by atoms with E-state index >= 15 is 0 Å². The Morgan fingerprint density at radius 2 is 2.17 bits per heavy atom. The second-order valence-corrected chi connectivity index (χ2v) is 7.69. The standard InChI is InChI=1S/C18H24N2O3S/c1-12(14-7-3-4-8-15(14)24-2)19-17(23)20-10-13-6-5-9-18(13,11-20)16(21)22/h3-4,7-8,12-13H,5-6,9-11H2,1-2H3,(H,19,23)(H,21,22)/t12-,13-,18+/m0/s1. The van der Waals surface area contributed by atoms with Crippen LogP contribution in [0, 0.1) is 11.3 Å². The van der Waals surface area contributed by atoms with Crippen LogP contribution in [-0.4, -0.2) is 41.4 Å². The lowest BCUT2D eigenvalue weighted by atomic mass is 9.81. The van der Waals surface area contributed by atoms with E-state index in [1.165, 1.54) is 0 Å². The lowest BCUT2D eigenvalue weighted by Crippen LogP contribution is -2.42. The van der Waals surface area contributed by atoms with Crippen LogP contribution in [0.25, 0.3) is 0 Å². The number of likely N-dealkylation sites (tertiary alicyclic amines) is 1. The molecule has 2 aliphatic rings. The first-order valence-electron chi connectivity index (χ1n) is 8.39. The normalized spacial score (nSPS) is 26.9. The molecular weight excluding hydrogens is 324 g/mol. The number of aliphatic carboxylic acids is 1. The van der Waals surface area contributed by atoms with Crippen molar-refractivity contribution in [1.82, 2.24) is 10.2 Å². The summed E-state index contributed by atoms with van der Waals surface area (Å²) >= 11 is 1.66. The van der Waals surface area contributed by atoms with Gasteiger partial charge in [0.25, 0.3) is 0 Å². The zero-order valence-corrected chi connectivity index (χ0v) is 14.9. The molecule has 3 atom stereocenters. The topological polar surface area (TPSA) is 69.6 Å². The molecule has 1 heterocycles. The first-order valence-corrected chi connectivity index (χ1v) is 9.62. The number of nitrogens with zero attached hydrogens (tertiary/aromatic N) is 1. The van der Waals surface area contributed by atoms with Crippen LogP contribution in [0.4, 0.5) is 4.79 Å². The molecule has 0 bridgehead atoms. The van der Waals surface area contributed by atoms with Gasteiger partial charge in [-0.1, -0.05) is 24.6 Å². The Bertz CT molecular complexity index is 651. The van der Waals surface area contributed by atoms with Crippen LogP contribution in [0.1, 0.15) is 37.8 Å². The fourth-order valence-electron chi connectivity index (χ4n) is 4.17. The van der Waals surface area contributed by atoms with Crippen molar-refractivity contribution in [1.29, 1.82) is 0 Å². The molecule has 2 N–H and O–H groups in total. The van der Waals surface area contributed by atoms with Gasteiger partial charge in [-0.05, 0) is 43.6 Å². The van der Waals surface area contributed by atoms with Crippen LogP contribution in [-0.2, 0) is 4.79 Å². The number of benzene rings is 1. The molecule has 130 valence electrons. The summed E-state index contributed by atoms with van der Waals surface area (Å²) in [4.78, 5) is 27.2.